The zero-order chi connectivity index (χ0) is 19.1. The quantitative estimate of drug-likeness (QED) is 0.721. The number of hydrogen-bond donors (Lipinski definition) is 0. The lowest BCUT2D eigenvalue weighted by molar-refractivity contribution is 0.0323. The van der Waals surface area contributed by atoms with E-state index in [1.165, 1.54) is 18.5 Å². The van der Waals surface area contributed by atoms with Crippen LogP contribution in [-0.2, 0) is 16.4 Å². The van der Waals surface area contributed by atoms with Crippen molar-refractivity contribution in [3.63, 3.8) is 0 Å². The monoisotopic (exact) mass is 401 g/mol. The van der Waals surface area contributed by atoms with Gasteiger partial charge in [-0.25, -0.2) is 22.2 Å². The minimum absolute atomic E-state index is 0.0151. The lowest BCUT2D eigenvalue weighted by Gasteiger charge is -2.46. The molecule has 2 aromatic rings. The van der Waals surface area contributed by atoms with E-state index in [9.17, 15) is 17.2 Å². The summed E-state index contributed by atoms with van der Waals surface area (Å²) in [5, 5.41) is -0.0151. The molecule has 3 heterocycles. The normalized spacial score (nSPS) is 20.8. The van der Waals surface area contributed by atoms with Gasteiger partial charge < -0.3 is 0 Å². The maximum absolute atomic E-state index is 14.4. The van der Waals surface area contributed by atoms with Crippen molar-refractivity contribution in [2.24, 2.45) is 5.92 Å². The van der Waals surface area contributed by atoms with Crippen LogP contribution in [0.5, 0.6) is 0 Å². The average Bonchev–Trinajstić information content (AvgIpc) is 2.53. The molecule has 0 aliphatic carbocycles. The number of nitrogens with zero attached hydrogens (tertiary/aromatic N) is 3. The van der Waals surface area contributed by atoms with Crippen LogP contribution in [0.4, 0.5) is 8.78 Å². The van der Waals surface area contributed by atoms with Crippen molar-refractivity contribution in [3.05, 3.63) is 46.9 Å². The molecule has 0 bridgehead atoms. The summed E-state index contributed by atoms with van der Waals surface area (Å²) in [4.78, 5) is 9.84. The molecule has 0 amide bonds. The fourth-order valence-electron chi connectivity index (χ4n) is 3.15. The lowest BCUT2D eigenvalue weighted by atomic mass is 9.91. The third kappa shape index (κ3) is 4.19. The second-order valence-electron chi connectivity index (χ2n) is 6.68. The minimum Gasteiger partial charge on any atom is -0.296 e. The number of rotatable bonds is 5. The molecular formula is C17H18ClF2N3O2S. The van der Waals surface area contributed by atoms with Gasteiger partial charge in [0, 0.05) is 49.8 Å². The van der Waals surface area contributed by atoms with Gasteiger partial charge in [-0.3, -0.25) is 9.88 Å². The average molecular weight is 402 g/mol. The Kier molecular flexibility index (Phi) is 5.28. The summed E-state index contributed by atoms with van der Waals surface area (Å²) in [6.45, 7) is 3.03. The van der Waals surface area contributed by atoms with Gasteiger partial charge in [-0.15, -0.1) is 0 Å². The molecule has 0 saturated carbocycles. The van der Waals surface area contributed by atoms with Crippen molar-refractivity contribution in [1.82, 2.24) is 14.9 Å². The van der Waals surface area contributed by atoms with Gasteiger partial charge in [-0.1, -0.05) is 11.6 Å². The van der Waals surface area contributed by atoms with E-state index in [1.807, 2.05) is 6.92 Å². The van der Waals surface area contributed by atoms with Crippen molar-refractivity contribution in [1.29, 1.82) is 0 Å². The van der Waals surface area contributed by atoms with Crippen LogP contribution >= 0.6 is 11.6 Å². The Balaban J connectivity index is 1.71. The van der Waals surface area contributed by atoms with Crippen LogP contribution in [-0.4, -0.2) is 47.9 Å². The van der Waals surface area contributed by atoms with Crippen molar-refractivity contribution in [3.8, 4) is 11.3 Å². The van der Waals surface area contributed by atoms with Crippen LogP contribution < -0.4 is 0 Å². The summed E-state index contributed by atoms with van der Waals surface area (Å²) >= 11 is 5.61. The summed E-state index contributed by atoms with van der Waals surface area (Å²) in [6.07, 6.45) is 3.87. The SMILES string of the molecule is C[C@@H]1[C@H](CS(C)(=O)=O)CN1Cc1cnc(-c2cnc(Cl)cc2F)c(F)c1. The third-order valence-corrected chi connectivity index (χ3v) is 5.84. The van der Waals surface area contributed by atoms with E-state index < -0.39 is 21.5 Å². The molecule has 1 saturated heterocycles. The maximum atomic E-state index is 14.4. The van der Waals surface area contributed by atoms with Crippen molar-refractivity contribution in [2.45, 2.75) is 19.5 Å². The zero-order valence-corrected chi connectivity index (χ0v) is 15.9. The molecule has 0 spiro atoms. The molecule has 1 aliphatic rings. The fraction of sp³-hybridized carbons (Fsp3) is 0.412. The lowest BCUT2D eigenvalue weighted by Crippen LogP contribution is -2.56. The fourth-order valence-corrected chi connectivity index (χ4v) is 4.45. The van der Waals surface area contributed by atoms with Crippen LogP contribution in [0.1, 0.15) is 12.5 Å². The summed E-state index contributed by atoms with van der Waals surface area (Å²) in [5.74, 6) is -1.11. The van der Waals surface area contributed by atoms with Crippen LogP contribution in [0.3, 0.4) is 0 Å². The third-order valence-electron chi connectivity index (χ3n) is 4.60. The van der Waals surface area contributed by atoms with Crippen LogP contribution in [0.15, 0.2) is 24.5 Å². The number of pyridine rings is 2. The second kappa shape index (κ2) is 7.17. The molecule has 140 valence electrons. The van der Waals surface area contributed by atoms with E-state index >= 15 is 0 Å². The predicted octanol–water partition coefficient (Wildman–Crippen LogP) is 2.94. The van der Waals surface area contributed by atoms with Gasteiger partial charge >= 0.3 is 0 Å². The highest BCUT2D eigenvalue weighted by atomic mass is 35.5. The Morgan fingerprint density at radius 3 is 2.54 bits per heavy atom. The van der Waals surface area contributed by atoms with Crippen molar-refractivity contribution >= 4 is 21.4 Å². The van der Waals surface area contributed by atoms with Gasteiger partial charge in [0.2, 0.25) is 0 Å². The first kappa shape index (κ1) is 19.1. The first-order valence-electron chi connectivity index (χ1n) is 8.01. The summed E-state index contributed by atoms with van der Waals surface area (Å²) in [6, 6.07) is 2.41. The topological polar surface area (TPSA) is 63.2 Å². The Bertz CT molecular complexity index is 940. The Morgan fingerprint density at radius 2 is 1.96 bits per heavy atom. The van der Waals surface area contributed by atoms with E-state index in [-0.39, 0.29) is 34.1 Å². The second-order valence-corrected chi connectivity index (χ2v) is 9.26. The first-order valence-corrected chi connectivity index (χ1v) is 10.5. The largest absolute Gasteiger partial charge is 0.296 e. The molecular weight excluding hydrogens is 384 g/mol. The van der Waals surface area contributed by atoms with Crippen LogP contribution in [0.25, 0.3) is 11.3 Å². The van der Waals surface area contributed by atoms with Gasteiger partial charge in [0.15, 0.2) is 0 Å². The maximum Gasteiger partial charge on any atom is 0.149 e. The minimum atomic E-state index is -3.01. The molecule has 0 unspecified atom stereocenters. The number of hydrogen-bond acceptors (Lipinski definition) is 5. The summed E-state index contributed by atoms with van der Waals surface area (Å²) in [5.41, 5.74) is 0.462. The standard InChI is InChI=1S/C17H18ClF2N3O2S/c1-10-12(9-26(2,24)25)8-23(10)7-11-3-15(20)17(22-5-11)13-6-21-16(18)4-14(13)19/h3-6,10,12H,7-9H2,1-2H3/t10-,12+/m1/s1. The molecule has 1 fully saturated rings. The zero-order valence-electron chi connectivity index (χ0n) is 14.3. The van der Waals surface area contributed by atoms with Gasteiger partial charge in [0.25, 0.3) is 0 Å². The number of likely N-dealkylation sites (tertiary alicyclic amines) is 1. The number of sulfone groups is 1. The van der Waals surface area contributed by atoms with Crippen LogP contribution in [0, 0.1) is 17.6 Å². The highest BCUT2D eigenvalue weighted by Crippen LogP contribution is 2.29. The van der Waals surface area contributed by atoms with E-state index in [0.717, 1.165) is 12.3 Å². The summed E-state index contributed by atoms with van der Waals surface area (Å²) in [7, 11) is -3.01. The molecule has 0 radical (unpaired) electrons. The van der Waals surface area contributed by atoms with Crippen molar-refractivity contribution < 1.29 is 17.2 Å². The molecule has 1 aliphatic heterocycles. The Morgan fingerprint density at radius 1 is 1.23 bits per heavy atom. The first-order chi connectivity index (χ1) is 12.1. The molecule has 5 nitrogen and oxygen atoms in total. The summed E-state index contributed by atoms with van der Waals surface area (Å²) < 4.78 is 51.1. The predicted molar refractivity (Wildman–Crippen MR) is 95.5 cm³/mol. The highest BCUT2D eigenvalue weighted by molar-refractivity contribution is 7.90. The van der Waals surface area contributed by atoms with E-state index in [1.54, 1.807) is 0 Å². The van der Waals surface area contributed by atoms with Gasteiger partial charge in [0.1, 0.15) is 32.3 Å². The molecule has 2 aromatic heterocycles. The molecule has 3 rings (SSSR count). The van der Waals surface area contributed by atoms with E-state index in [0.29, 0.717) is 18.7 Å². The van der Waals surface area contributed by atoms with E-state index in [2.05, 4.69) is 14.9 Å². The highest BCUT2D eigenvalue weighted by Gasteiger charge is 2.37. The molecule has 26 heavy (non-hydrogen) atoms. The molecule has 9 heteroatoms. The van der Waals surface area contributed by atoms with Gasteiger partial charge in [-0.05, 0) is 18.6 Å². The molecule has 0 N–H and O–H groups in total. The Hall–Kier alpha value is -1.64. The molecule has 2 atom stereocenters. The van der Waals surface area contributed by atoms with Crippen LogP contribution in [0.2, 0.25) is 5.15 Å². The van der Waals surface area contributed by atoms with E-state index in [4.69, 9.17) is 11.6 Å². The number of aromatic nitrogens is 2. The van der Waals surface area contributed by atoms with Crippen molar-refractivity contribution in [2.75, 3.05) is 18.6 Å². The smallest absolute Gasteiger partial charge is 0.149 e. The van der Waals surface area contributed by atoms with Gasteiger partial charge in [-0.2, -0.15) is 0 Å². The number of halogens is 3. The van der Waals surface area contributed by atoms with Gasteiger partial charge in [0.05, 0.1) is 11.3 Å². The Labute approximate surface area is 155 Å². The molecule has 0 aromatic carbocycles.